The van der Waals surface area contributed by atoms with Crippen LogP contribution in [0.15, 0.2) is 279 Å². The van der Waals surface area contributed by atoms with Crippen molar-refractivity contribution in [3.63, 3.8) is 0 Å². The number of benzene rings is 11. The molecule has 4 nitrogen and oxygen atoms in total. The fourth-order valence-corrected chi connectivity index (χ4v) is 11.3. The van der Waals surface area contributed by atoms with Gasteiger partial charge in [0.15, 0.2) is 0 Å². The lowest BCUT2D eigenvalue weighted by atomic mass is 9.97. The van der Waals surface area contributed by atoms with Crippen LogP contribution < -0.4 is 0 Å². The van der Waals surface area contributed by atoms with E-state index in [1.54, 1.807) is 0 Å². The summed E-state index contributed by atoms with van der Waals surface area (Å²) in [6.07, 6.45) is 0. The molecule has 0 saturated heterocycles. The van der Waals surface area contributed by atoms with E-state index in [1.807, 2.05) is 12.1 Å². The smallest absolute Gasteiger partial charge is 0.104 e. The second kappa shape index (κ2) is 18.6. The van der Waals surface area contributed by atoms with Crippen LogP contribution in [-0.2, 0) is 0 Å². The van der Waals surface area contributed by atoms with Crippen LogP contribution in [0.1, 0.15) is 5.56 Å². The molecule has 0 fully saturated rings. The number of nitriles is 1. The molecular formula is C72H46N4. The largest absolute Gasteiger partial charge is 0.308 e. The Morgan fingerprint density at radius 2 is 0.513 bits per heavy atom. The van der Waals surface area contributed by atoms with Gasteiger partial charge in [0, 0.05) is 32.7 Å². The van der Waals surface area contributed by atoms with Gasteiger partial charge in [-0.25, -0.2) is 4.98 Å². The van der Waals surface area contributed by atoms with Gasteiger partial charge in [0.2, 0.25) is 0 Å². The van der Waals surface area contributed by atoms with Crippen LogP contribution in [0.5, 0.6) is 0 Å². The quantitative estimate of drug-likeness (QED) is 0.145. The van der Waals surface area contributed by atoms with Crippen molar-refractivity contribution in [1.82, 2.24) is 14.1 Å². The van der Waals surface area contributed by atoms with Crippen molar-refractivity contribution in [3.8, 4) is 95.6 Å². The van der Waals surface area contributed by atoms with Crippen LogP contribution in [0.25, 0.3) is 133 Å². The summed E-state index contributed by atoms with van der Waals surface area (Å²) in [5.41, 5.74) is 20.9. The summed E-state index contributed by atoms with van der Waals surface area (Å²) in [4.78, 5) is 5.31. The Kier molecular flexibility index (Phi) is 10.9. The zero-order chi connectivity index (χ0) is 50.5. The highest BCUT2D eigenvalue weighted by molar-refractivity contribution is 6.14. The minimum atomic E-state index is 0.556. The highest BCUT2D eigenvalue weighted by atomic mass is 15.0. The molecule has 3 aromatic heterocycles. The molecule has 14 rings (SSSR count). The topological polar surface area (TPSA) is 46.5 Å². The van der Waals surface area contributed by atoms with Gasteiger partial charge in [-0.3, -0.25) is 0 Å². The SMILES string of the molecule is N#Cc1c(-n2c3ccc(-c4ccccc4)cc3c3cc(-c4ccccc4)ccc32)cc(-c2cc(-c3ccccc3)nc(-c3ccccc3)c2)cc1-n1c2ccc(-c3ccccc3)cc2c2cc(-c3ccccc3)ccc21. The number of nitrogens with zero attached hydrogens (tertiary/aromatic N) is 4. The van der Waals surface area contributed by atoms with E-state index in [0.717, 1.165) is 133 Å². The van der Waals surface area contributed by atoms with Crippen LogP contribution in [0.4, 0.5) is 0 Å². The van der Waals surface area contributed by atoms with E-state index >= 15 is 0 Å². The molecule has 0 unspecified atom stereocenters. The van der Waals surface area contributed by atoms with E-state index in [0.29, 0.717) is 5.56 Å². The third kappa shape index (κ3) is 7.74. The summed E-state index contributed by atoms with van der Waals surface area (Å²) >= 11 is 0. The third-order valence-corrected chi connectivity index (χ3v) is 14.9. The van der Waals surface area contributed by atoms with E-state index < -0.39 is 0 Å². The molecule has 14 aromatic rings. The summed E-state index contributed by atoms with van der Waals surface area (Å²) in [7, 11) is 0. The molecule has 0 radical (unpaired) electrons. The highest BCUT2D eigenvalue weighted by Crippen LogP contribution is 2.44. The Labute approximate surface area is 440 Å². The van der Waals surface area contributed by atoms with Gasteiger partial charge in [0.25, 0.3) is 0 Å². The van der Waals surface area contributed by atoms with Crippen LogP contribution >= 0.6 is 0 Å². The van der Waals surface area contributed by atoms with Gasteiger partial charge in [-0.15, -0.1) is 0 Å². The molecule has 0 aliphatic carbocycles. The van der Waals surface area contributed by atoms with E-state index in [2.05, 4.69) is 282 Å². The maximum absolute atomic E-state index is 12.0. The number of hydrogen-bond acceptors (Lipinski definition) is 2. The molecule has 0 spiro atoms. The van der Waals surface area contributed by atoms with E-state index in [-0.39, 0.29) is 0 Å². The standard InChI is InChI=1S/C72H46N4/c73-47-64-71(75-67-35-31-54(48-19-7-1-8-20-48)39-60(67)61-40-55(32-36-68(61)75)49-21-9-2-10-22-49)45-59(58-43-65(52-27-15-5-16-28-52)74-66(44-58)53-29-17-6-18-30-53)46-72(64)76-69-37-33-56(50-23-11-3-12-24-50)41-62(69)63-42-57(34-38-70(63)76)51-25-13-4-14-26-51/h1-46H. The lowest BCUT2D eigenvalue weighted by molar-refractivity contribution is 1.12. The van der Waals surface area contributed by atoms with Crippen molar-refractivity contribution in [3.05, 3.63) is 285 Å². The zero-order valence-electron chi connectivity index (χ0n) is 41.3. The number of rotatable bonds is 9. The first-order chi connectivity index (χ1) is 37.6. The molecule has 0 aliphatic rings. The maximum Gasteiger partial charge on any atom is 0.104 e. The monoisotopic (exact) mass is 966 g/mol. The van der Waals surface area contributed by atoms with Crippen molar-refractivity contribution in [2.45, 2.75) is 0 Å². The van der Waals surface area contributed by atoms with Gasteiger partial charge in [-0.05, 0) is 128 Å². The minimum Gasteiger partial charge on any atom is -0.308 e. The molecule has 4 heteroatoms. The van der Waals surface area contributed by atoms with Crippen molar-refractivity contribution in [1.29, 1.82) is 5.26 Å². The summed E-state index contributed by atoms with van der Waals surface area (Å²) in [5.74, 6) is 0. The number of aromatic nitrogens is 3. The van der Waals surface area contributed by atoms with Crippen molar-refractivity contribution in [2.24, 2.45) is 0 Å². The first-order valence-electron chi connectivity index (χ1n) is 25.7. The first kappa shape index (κ1) is 44.4. The maximum atomic E-state index is 12.0. The van der Waals surface area contributed by atoms with Crippen molar-refractivity contribution < 1.29 is 0 Å². The summed E-state index contributed by atoms with van der Waals surface area (Å²) in [6.45, 7) is 0. The molecule has 0 atom stereocenters. The highest BCUT2D eigenvalue weighted by Gasteiger charge is 2.25. The molecule has 0 N–H and O–H groups in total. The molecule has 354 valence electrons. The molecule has 76 heavy (non-hydrogen) atoms. The van der Waals surface area contributed by atoms with Gasteiger partial charge in [0.1, 0.15) is 11.6 Å². The Bertz CT molecular complexity index is 4060. The van der Waals surface area contributed by atoms with Crippen LogP contribution in [-0.4, -0.2) is 14.1 Å². The summed E-state index contributed by atoms with van der Waals surface area (Å²) in [5, 5.41) is 16.4. The molecule has 11 aromatic carbocycles. The van der Waals surface area contributed by atoms with Gasteiger partial charge < -0.3 is 9.13 Å². The minimum absolute atomic E-state index is 0.556. The average Bonchev–Trinajstić information content (AvgIpc) is 4.10. The van der Waals surface area contributed by atoms with Crippen LogP contribution in [0, 0.1) is 11.3 Å². The predicted molar refractivity (Wildman–Crippen MR) is 316 cm³/mol. The van der Waals surface area contributed by atoms with Gasteiger partial charge in [-0.1, -0.05) is 206 Å². The lowest BCUT2D eigenvalue weighted by Crippen LogP contribution is -2.05. The summed E-state index contributed by atoms with van der Waals surface area (Å²) < 4.78 is 4.65. The predicted octanol–water partition coefficient (Wildman–Crippen LogP) is 18.8. The molecule has 3 heterocycles. The number of fused-ring (bicyclic) bond motifs is 6. The molecule has 0 amide bonds. The van der Waals surface area contributed by atoms with E-state index in [4.69, 9.17) is 4.98 Å². The fourth-order valence-electron chi connectivity index (χ4n) is 11.3. The average molecular weight is 967 g/mol. The lowest BCUT2D eigenvalue weighted by Gasteiger charge is -2.19. The van der Waals surface area contributed by atoms with E-state index in [9.17, 15) is 5.26 Å². The van der Waals surface area contributed by atoms with E-state index in [1.165, 1.54) is 0 Å². The third-order valence-electron chi connectivity index (χ3n) is 14.9. The Hall–Kier alpha value is -10.3. The molecule has 0 saturated carbocycles. The zero-order valence-corrected chi connectivity index (χ0v) is 41.3. The van der Waals surface area contributed by atoms with Crippen molar-refractivity contribution >= 4 is 43.6 Å². The summed E-state index contributed by atoms with van der Waals surface area (Å²) in [6, 6.07) is 102. The first-order valence-corrected chi connectivity index (χ1v) is 25.7. The number of pyridine rings is 1. The molecule has 0 bridgehead atoms. The van der Waals surface area contributed by atoms with Gasteiger partial charge >= 0.3 is 0 Å². The van der Waals surface area contributed by atoms with Gasteiger partial charge in [0.05, 0.1) is 44.8 Å². The molecule has 0 aliphatic heterocycles. The number of hydrogen-bond donors (Lipinski definition) is 0. The Morgan fingerprint density at radius 1 is 0.250 bits per heavy atom. The van der Waals surface area contributed by atoms with Crippen LogP contribution in [0.2, 0.25) is 0 Å². The Morgan fingerprint density at radius 3 is 0.789 bits per heavy atom. The Balaban J connectivity index is 1.10. The second-order valence-corrected chi connectivity index (χ2v) is 19.4. The molecular weight excluding hydrogens is 921 g/mol. The van der Waals surface area contributed by atoms with Gasteiger partial charge in [-0.2, -0.15) is 5.26 Å². The second-order valence-electron chi connectivity index (χ2n) is 19.4. The normalized spacial score (nSPS) is 11.4. The van der Waals surface area contributed by atoms with Crippen LogP contribution in [0.3, 0.4) is 0 Å². The fraction of sp³-hybridized carbons (Fsp3) is 0. The van der Waals surface area contributed by atoms with Crippen molar-refractivity contribution in [2.75, 3.05) is 0 Å².